The minimum atomic E-state index is -0.0278. The quantitative estimate of drug-likeness (QED) is 0.336. The number of thioether (sulfide) groups is 1. The van der Waals surface area contributed by atoms with Gasteiger partial charge in [-0.15, -0.1) is 11.8 Å². The molecule has 0 aliphatic heterocycles. The minimum Gasteiger partial charge on any atom is -0.354 e. The summed E-state index contributed by atoms with van der Waals surface area (Å²) in [6.07, 6.45) is 2.33. The van der Waals surface area contributed by atoms with Gasteiger partial charge in [0.15, 0.2) is 0 Å². The maximum Gasteiger partial charge on any atom is 0.230 e. The fourth-order valence-electron chi connectivity index (χ4n) is 3.28. The molecule has 0 saturated heterocycles. The van der Waals surface area contributed by atoms with Crippen molar-refractivity contribution in [2.24, 2.45) is 11.3 Å². The minimum absolute atomic E-state index is 0.0278. The second-order valence-corrected chi connectivity index (χ2v) is 10.7. The number of carbonyl (C=O) groups excluding carboxylic acids is 1. The van der Waals surface area contributed by atoms with Crippen LogP contribution in [0.25, 0.3) is 10.8 Å². The van der Waals surface area contributed by atoms with Crippen LogP contribution in [0.3, 0.4) is 0 Å². The van der Waals surface area contributed by atoms with Crippen molar-refractivity contribution < 1.29 is 4.79 Å². The Hall–Kier alpha value is -2.40. The van der Waals surface area contributed by atoms with Crippen LogP contribution in [0.1, 0.15) is 47.5 Å². The topological polar surface area (TPSA) is 32.3 Å². The van der Waals surface area contributed by atoms with E-state index in [-0.39, 0.29) is 11.3 Å². The van der Waals surface area contributed by atoms with E-state index in [1.165, 1.54) is 17.2 Å². The molecule has 1 N–H and O–H groups in total. The van der Waals surface area contributed by atoms with Crippen LogP contribution in [0.2, 0.25) is 0 Å². The molecule has 0 aromatic heterocycles. The van der Waals surface area contributed by atoms with E-state index in [0.717, 1.165) is 24.4 Å². The molecule has 2 aromatic carbocycles. The van der Waals surface area contributed by atoms with Crippen LogP contribution in [0, 0.1) is 35.0 Å². The number of nitrogens with one attached hydrogen (secondary N) is 1. The van der Waals surface area contributed by atoms with Gasteiger partial charge in [0.05, 0.1) is 12.3 Å². The van der Waals surface area contributed by atoms with Crippen molar-refractivity contribution >= 4 is 28.4 Å². The summed E-state index contributed by atoms with van der Waals surface area (Å²) < 4.78 is 0. The van der Waals surface area contributed by atoms with E-state index in [1.54, 1.807) is 11.8 Å². The largest absolute Gasteiger partial charge is 0.354 e. The molecule has 0 atom stereocenters. The fraction of sp³-hybridized carbons (Fsp3) is 0.483. The van der Waals surface area contributed by atoms with E-state index < -0.39 is 0 Å². The number of hydrogen-bond acceptors (Lipinski definition) is 3. The zero-order chi connectivity index (χ0) is 24.1. The second kappa shape index (κ2) is 14.0. The molecule has 33 heavy (non-hydrogen) atoms. The first-order valence-corrected chi connectivity index (χ1v) is 12.8. The lowest BCUT2D eigenvalue weighted by atomic mass is 9.98. The summed E-state index contributed by atoms with van der Waals surface area (Å²) in [5.41, 5.74) is -0.0278. The van der Waals surface area contributed by atoms with Gasteiger partial charge in [0.25, 0.3) is 0 Å². The van der Waals surface area contributed by atoms with E-state index in [0.29, 0.717) is 24.8 Å². The molecule has 1 amide bonds. The summed E-state index contributed by atoms with van der Waals surface area (Å²) in [6, 6.07) is 14.5. The first kappa shape index (κ1) is 26.8. The maximum atomic E-state index is 12.4. The van der Waals surface area contributed by atoms with Crippen molar-refractivity contribution in [3.05, 3.63) is 42.5 Å². The molecular formula is C29H38N2OS. The lowest BCUT2D eigenvalue weighted by Gasteiger charge is -2.20. The molecule has 0 aliphatic carbocycles. The number of amides is 1. The summed E-state index contributed by atoms with van der Waals surface area (Å²) >= 11 is 1.59. The Kier molecular flexibility index (Phi) is 11.4. The van der Waals surface area contributed by atoms with Crippen molar-refractivity contribution in [3.63, 3.8) is 0 Å². The smallest absolute Gasteiger partial charge is 0.230 e. The van der Waals surface area contributed by atoms with Gasteiger partial charge in [-0.05, 0) is 74.8 Å². The standard InChI is InChI=1S/C29H38N2OS/c1-24(2)13-12-21-31(20-10-6-9-18-29(3,4)5)22-19-30-28(32)23-33-27-17-11-15-25-14-7-8-16-26(25)27/h7-8,11,14-17,24H,12-13,19-23H2,1-5H3,(H,30,32). The monoisotopic (exact) mass is 462 g/mol. The number of benzene rings is 2. The van der Waals surface area contributed by atoms with Crippen LogP contribution in [0.5, 0.6) is 0 Å². The highest BCUT2D eigenvalue weighted by molar-refractivity contribution is 8.00. The molecule has 0 aliphatic rings. The van der Waals surface area contributed by atoms with Gasteiger partial charge >= 0.3 is 0 Å². The highest BCUT2D eigenvalue weighted by Crippen LogP contribution is 2.27. The molecule has 4 heteroatoms. The first-order chi connectivity index (χ1) is 15.7. The highest BCUT2D eigenvalue weighted by atomic mass is 32.2. The second-order valence-electron chi connectivity index (χ2n) is 9.73. The molecule has 0 spiro atoms. The van der Waals surface area contributed by atoms with Gasteiger partial charge < -0.3 is 5.32 Å². The first-order valence-electron chi connectivity index (χ1n) is 11.8. The highest BCUT2D eigenvalue weighted by Gasteiger charge is 2.08. The Morgan fingerprint density at radius 2 is 1.82 bits per heavy atom. The van der Waals surface area contributed by atoms with Crippen LogP contribution >= 0.6 is 11.8 Å². The third-order valence-corrected chi connectivity index (χ3v) is 6.08. The van der Waals surface area contributed by atoms with Crippen LogP contribution in [-0.4, -0.2) is 42.7 Å². The van der Waals surface area contributed by atoms with Gasteiger partial charge in [-0.3, -0.25) is 9.69 Å². The Balaban J connectivity index is 1.81. The molecule has 3 nitrogen and oxygen atoms in total. The zero-order valence-corrected chi connectivity index (χ0v) is 21.6. The van der Waals surface area contributed by atoms with E-state index in [9.17, 15) is 4.79 Å². The Morgan fingerprint density at radius 3 is 2.58 bits per heavy atom. The number of carbonyl (C=O) groups is 1. The molecule has 0 fully saturated rings. The van der Waals surface area contributed by atoms with E-state index in [2.05, 4.69) is 92.8 Å². The zero-order valence-electron chi connectivity index (χ0n) is 20.8. The van der Waals surface area contributed by atoms with E-state index in [4.69, 9.17) is 0 Å². The Morgan fingerprint density at radius 1 is 1.06 bits per heavy atom. The van der Waals surface area contributed by atoms with Crippen LogP contribution in [0.4, 0.5) is 0 Å². The predicted octanol–water partition coefficient (Wildman–Crippen LogP) is 5.84. The summed E-state index contributed by atoms with van der Waals surface area (Å²) in [5, 5.41) is 5.47. The molecule has 0 heterocycles. The average Bonchev–Trinajstić information content (AvgIpc) is 2.76. The van der Waals surface area contributed by atoms with Crippen molar-refractivity contribution in [3.8, 4) is 23.7 Å². The molecule has 0 unspecified atom stereocenters. The summed E-state index contributed by atoms with van der Waals surface area (Å²) in [6.45, 7) is 13.8. The van der Waals surface area contributed by atoms with Gasteiger partial charge in [-0.1, -0.05) is 62.1 Å². The predicted molar refractivity (Wildman–Crippen MR) is 143 cm³/mol. The number of hydrogen-bond donors (Lipinski definition) is 1. The van der Waals surface area contributed by atoms with Gasteiger partial charge in [-0.25, -0.2) is 0 Å². The molecular weight excluding hydrogens is 424 g/mol. The van der Waals surface area contributed by atoms with Crippen molar-refractivity contribution in [1.82, 2.24) is 10.2 Å². The maximum absolute atomic E-state index is 12.4. The molecule has 2 rings (SSSR count). The van der Waals surface area contributed by atoms with Crippen molar-refractivity contribution in [1.29, 1.82) is 0 Å². The lowest BCUT2D eigenvalue weighted by molar-refractivity contribution is -0.118. The van der Waals surface area contributed by atoms with Crippen molar-refractivity contribution in [2.45, 2.75) is 52.4 Å². The molecule has 2 aromatic rings. The van der Waals surface area contributed by atoms with E-state index in [1.807, 2.05) is 18.2 Å². The van der Waals surface area contributed by atoms with Gasteiger partial charge in [0, 0.05) is 23.4 Å². The summed E-state index contributed by atoms with van der Waals surface area (Å²) in [7, 11) is 0. The number of nitrogens with zero attached hydrogens (tertiary/aromatic N) is 1. The number of fused-ring (bicyclic) bond motifs is 1. The molecule has 0 bridgehead atoms. The van der Waals surface area contributed by atoms with Crippen molar-refractivity contribution in [2.75, 3.05) is 31.9 Å². The van der Waals surface area contributed by atoms with Crippen LogP contribution < -0.4 is 5.32 Å². The van der Waals surface area contributed by atoms with Crippen LogP contribution in [0.15, 0.2) is 47.4 Å². The third-order valence-electron chi connectivity index (χ3n) is 5.01. The molecule has 176 valence electrons. The van der Waals surface area contributed by atoms with Gasteiger partial charge in [-0.2, -0.15) is 0 Å². The molecule has 0 saturated carbocycles. The Bertz CT molecular complexity index is 1010. The van der Waals surface area contributed by atoms with Gasteiger partial charge in [0.1, 0.15) is 0 Å². The number of rotatable bonds is 11. The molecule has 0 radical (unpaired) electrons. The SMILES string of the molecule is CC(C)CCCN(CC#CC#CC(C)(C)C)CCNC(=O)CSc1cccc2ccccc12. The lowest BCUT2D eigenvalue weighted by Crippen LogP contribution is -2.36. The average molecular weight is 463 g/mol. The van der Waals surface area contributed by atoms with E-state index >= 15 is 0 Å². The normalized spacial score (nSPS) is 11.1. The Labute approximate surface area is 205 Å². The third kappa shape index (κ3) is 11.3. The summed E-state index contributed by atoms with van der Waals surface area (Å²) in [4.78, 5) is 15.9. The van der Waals surface area contributed by atoms with Gasteiger partial charge in [0.2, 0.25) is 5.91 Å². The summed E-state index contributed by atoms with van der Waals surface area (Å²) in [5.74, 6) is 13.5. The van der Waals surface area contributed by atoms with Crippen LogP contribution in [-0.2, 0) is 4.79 Å². The fourth-order valence-corrected chi connectivity index (χ4v) is 4.18.